The van der Waals surface area contributed by atoms with E-state index >= 15 is 0 Å². The number of hydrogen-bond donors (Lipinski definition) is 0. The van der Waals surface area contributed by atoms with Crippen LogP contribution in [0.2, 0.25) is 0 Å². The predicted molar refractivity (Wildman–Crippen MR) is 82.9 cm³/mol. The second-order valence-corrected chi connectivity index (χ2v) is 6.15. The maximum absolute atomic E-state index is 11.7. The molecule has 23 heavy (non-hydrogen) atoms. The standard InChI is InChI=1S/C17H18O6/c1-9(18)21-13-8-17(2,3)23-12-7-11(20-4)10-5-6-14(19)22-16(10)15(12)13/h5-7,13H,8H2,1-4H3/t13-/m1/s1. The minimum atomic E-state index is -0.551. The molecule has 1 aromatic heterocycles. The Morgan fingerprint density at radius 2 is 2.09 bits per heavy atom. The second kappa shape index (κ2) is 5.30. The number of hydrogen-bond acceptors (Lipinski definition) is 6. The van der Waals surface area contributed by atoms with Gasteiger partial charge in [-0.25, -0.2) is 4.79 Å². The van der Waals surface area contributed by atoms with Gasteiger partial charge < -0.3 is 18.6 Å². The van der Waals surface area contributed by atoms with Gasteiger partial charge in [0.1, 0.15) is 23.2 Å². The van der Waals surface area contributed by atoms with Gasteiger partial charge in [-0.2, -0.15) is 0 Å². The number of carbonyl (C=O) groups is 1. The summed E-state index contributed by atoms with van der Waals surface area (Å²) in [5.41, 5.74) is -0.123. The molecule has 1 atom stereocenters. The van der Waals surface area contributed by atoms with Crippen molar-refractivity contribution >= 4 is 16.9 Å². The Labute approximate surface area is 132 Å². The first-order chi connectivity index (χ1) is 10.8. The molecule has 0 N–H and O–H groups in total. The molecule has 0 spiro atoms. The minimum Gasteiger partial charge on any atom is -0.496 e. The fraction of sp³-hybridized carbons (Fsp3) is 0.412. The van der Waals surface area contributed by atoms with Gasteiger partial charge in [0.2, 0.25) is 0 Å². The van der Waals surface area contributed by atoms with Crippen molar-refractivity contribution in [1.82, 2.24) is 0 Å². The van der Waals surface area contributed by atoms with Crippen LogP contribution >= 0.6 is 0 Å². The predicted octanol–water partition coefficient (Wildman–Crippen LogP) is 2.97. The van der Waals surface area contributed by atoms with Gasteiger partial charge in [0.15, 0.2) is 5.58 Å². The Bertz CT molecular complexity index is 833. The summed E-state index contributed by atoms with van der Waals surface area (Å²) in [5.74, 6) is 0.619. The van der Waals surface area contributed by atoms with Crippen LogP contribution in [0.5, 0.6) is 11.5 Å². The number of methoxy groups -OCH3 is 1. The van der Waals surface area contributed by atoms with E-state index in [0.29, 0.717) is 34.5 Å². The molecule has 2 aromatic rings. The molecule has 1 aliphatic rings. The Morgan fingerprint density at radius 3 is 2.74 bits per heavy atom. The number of ether oxygens (including phenoxy) is 3. The molecule has 6 nitrogen and oxygen atoms in total. The molecule has 0 saturated heterocycles. The van der Waals surface area contributed by atoms with Gasteiger partial charge in [-0.3, -0.25) is 4.79 Å². The monoisotopic (exact) mass is 318 g/mol. The van der Waals surface area contributed by atoms with Gasteiger partial charge >= 0.3 is 11.6 Å². The van der Waals surface area contributed by atoms with Crippen LogP contribution in [0.4, 0.5) is 0 Å². The summed E-state index contributed by atoms with van der Waals surface area (Å²) >= 11 is 0. The molecular formula is C17H18O6. The quantitative estimate of drug-likeness (QED) is 0.626. The van der Waals surface area contributed by atoms with E-state index in [0.717, 1.165) is 0 Å². The van der Waals surface area contributed by atoms with Crippen molar-refractivity contribution in [2.75, 3.05) is 7.11 Å². The average Bonchev–Trinajstić information content (AvgIpc) is 2.43. The largest absolute Gasteiger partial charge is 0.496 e. The van der Waals surface area contributed by atoms with E-state index in [1.807, 2.05) is 13.8 Å². The van der Waals surface area contributed by atoms with Crippen LogP contribution in [0.15, 0.2) is 27.4 Å². The molecule has 3 rings (SSSR count). The van der Waals surface area contributed by atoms with Gasteiger partial charge in [-0.15, -0.1) is 0 Å². The maximum atomic E-state index is 11.7. The van der Waals surface area contributed by atoms with Gasteiger partial charge in [-0.1, -0.05) is 0 Å². The van der Waals surface area contributed by atoms with Crippen LogP contribution in [-0.2, 0) is 9.53 Å². The summed E-state index contributed by atoms with van der Waals surface area (Å²) in [6.07, 6.45) is -0.0928. The summed E-state index contributed by atoms with van der Waals surface area (Å²) in [7, 11) is 1.53. The highest BCUT2D eigenvalue weighted by molar-refractivity contribution is 5.89. The van der Waals surface area contributed by atoms with Crippen LogP contribution in [0, 0.1) is 0 Å². The third-order valence-corrected chi connectivity index (χ3v) is 3.78. The lowest BCUT2D eigenvalue weighted by atomic mass is 9.90. The molecule has 0 radical (unpaired) electrons. The SMILES string of the molecule is COc1cc2c(c3oc(=O)ccc13)[C@H](OC(C)=O)CC(C)(C)O2. The molecule has 122 valence electrons. The smallest absolute Gasteiger partial charge is 0.336 e. The number of benzene rings is 1. The van der Waals surface area contributed by atoms with E-state index in [4.69, 9.17) is 18.6 Å². The van der Waals surface area contributed by atoms with Gasteiger partial charge in [0.25, 0.3) is 0 Å². The molecule has 0 bridgehead atoms. The van der Waals surface area contributed by atoms with Crippen LogP contribution in [0.25, 0.3) is 11.0 Å². The van der Waals surface area contributed by atoms with E-state index in [9.17, 15) is 9.59 Å². The Morgan fingerprint density at radius 1 is 1.35 bits per heavy atom. The number of rotatable bonds is 2. The van der Waals surface area contributed by atoms with Gasteiger partial charge in [-0.05, 0) is 19.9 Å². The van der Waals surface area contributed by atoms with Crippen molar-refractivity contribution in [3.63, 3.8) is 0 Å². The van der Waals surface area contributed by atoms with Crippen molar-refractivity contribution in [2.24, 2.45) is 0 Å². The zero-order chi connectivity index (χ0) is 16.8. The normalized spacial score (nSPS) is 18.9. The van der Waals surface area contributed by atoms with E-state index < -0.39 is 23.3 Å². The molecule has 6 heteroatoms. The first-order valence-corrected chi connectivity index (χ1v) is 7.32. The molecular weight excluding hydrogens is 300 g/mol. The zero-order valence-corrected chi connectivity index (χ0v) is 13.5. The number of esters is 1. The molecule has 0 amide bonds. The fourth-order valence-corrected chi connectivity index (χ4v) is 2.94. The first-order valence-electron chi connectivity index (χ1n) is 7.32. The Balaban J connectivity index is 2.32. The summed E-state index contributed by atoms with van der Waals surface area (Å²) in [4.78, 5) is 23.1. The summed E-state index contributed by atoms with van der Waals surface area (Å²) in [5, 5.41) is 0.631. The lowest BCUT2D eigenvalue weighted by Gasteiger charge is -2.37. The highest BCUT2D eigenvalue weighted by Crippen LogP contribution is 2.47. The maximum Gasteiger partial charge on any atom is 0.336 e. The Kier molecular flexibility index (Phi) is 3.55. The molecule has 0 aliphatic carbocycles. The van der Waals surface area contributed by atoms with Crippen molar-refractivity contribution in [1.29, 1.82) is 0 Å². The molecule has 0 fully saturated rings. The fourth-order valence-electron chi connectivity index (χ4n) is 2.94. The van der Waals surface area contributed by atoms with E-state index in [1.54, 1.807) is 12.1 Å². The zero-order valence-electron chi connectivity index (χ0n) is 13.5. The summed E-state index contributed by atoms with van der Waals surface area (Å²) in [6.45, 7) is 5.17. The van der Waals surface area contributed by atoms with Gasteiger partial charge in [0, 0.05) is 25.5 Å². The number of carbonyl (C=O) groups excluding carboxylic acids is 1. The lowest BCUT2D eigenvalue weighted by Crippen LogP contribution is -2.36. The minimum absolute atomic E-state index is 0.327. The van der Waals surface area contributed by atoms with E-state index in [1.165, 1.54) is 20.1 Å². The number of fused-ring (bicyclic) bond motifs is 3. The Hall–Kier alpha value is -2.50. The third-order valence-electron chi connectivity index (χ3n) is 3.78. The highest BCUT2D eigenvalue weighted by atomic mass is 16.6. The summed E-state index contributed by atoms with van der Waals surface area (Å²) in [6, 6.07) is 4.69. The van der Waals surface area contributed by atoms with Crippen LogP contribution in [0.3, 0.4) is 0 Å². The molecule has 2 heterocycles. The van der Waals surface area contributed by atoms with Crippen molar-refractivity contribution in [2.45, 2.75) is 38.9 Å². The third kappa shape index (κ3) is 2.76. The lowest BCUT2D eigenvalue weighted by molar-refractivity contribution is -0.150. The summed E-state index contributed by atoms with van der Waals surface area (Å²) < 4.78 is 22.2. The molecule has 1 aromatic carbocycles. The topological polar surface area (TPSA) is 75.0 Å². The van der Waals surface area contributed by atoms with Crippen molar-refractivity contribution < 1.29 is 23.4 Å². The first kappa shape index (κ1) is 15.4. The van der Waals surface area contributed by atoms with Gasteiger partial charge in [0.05, 0.1) is 18.1 Å². The molecule has 1 aliphatic heterocycles. The van der Waals surface area contributed by atoms with Crippen LogP contribution in [-0.4, -0.2) is 18.7 Å². The van der Waals surface area contributed by atoms with E-state index in [-0.39, 0.29) is 0 Å². The molecule has 0 saturated carbocycles. The van der Waals surface area contributed by atoms with Crippen molar-refractivity contribution in [3.8, 4) is 11.5 Å². The molecule has 0 unspecified atom stereocenters. The van der Waals surface area contributed by atoms with Crippen molar-refractivity contribution in [3.05, 3.63) is 34.2 Å². The average molecular weight is 318 g/mol. The van der Waals surface area contributed by atoms with Crippen LogP contribution < -0.4 is 15.1 Å². The highest BCUT2D eigenvalue weighted by Gasteiger charge is 2.38. The van der Waals surface area contributed by atoms with Crippen LogP contribution in [0.1, 0.15) is 38.9 Å². The second-order valence-electron chi connectivity index (χ2n) is 6.15. The van der Waals surface area contributed by atoms with E-state index in [2.05, 4.69) is 0 Å².